The molecular formula is C19H31N3O2. The number of amides is 1. The number of hydrogen-bond donors (Lipinski definition) is 1. The summed E-state index contributed by atoms with van der Waals surface area (Å²) in [5.74, 6) is 0.0886. The van der Waals surface area contributed by atoms with Gasteiger partial charge in [0.25, 0.3) is 0 Å². The zero-order valence-corrected chi connectivity index (χ0v) is 15.6. The molecule has 0 aromatic heterocycles. The van der Waals surface area contributed by atoms with E-state index >= 15 is 0 Å². The van der Waals surface area contributed by atoms with Crippen molar-refractivity contribution in [1.29, 1.82) is 0 Å². The van der Waals surface area contributed by atoms with Crippen molar-refractivity contribution < 1.29 is 9.53 Å². The van der Waals surface area contributed by atoms with Crippen molar-refractivity contribution in [2.75, 3.05) is 51.8 Å². The number of rotatable bonds is 5. The number of benzene rings is 1. The minimum atomic E-state index is -0.371. The van der Waals surface area contributed by atoms with E-state index in [4.69, 9.17) is 4.74 Å². The van der Waals surface area contributed by atoms with E-state index in [2.05, 4.69) is 39.4 Å². The summed E-state index contributed by atoms with van der Waals surface area (Å²) in [4.78, 5) is 16.8. The van der Waals surface area contributed by atoms with Gasteiger partial charge in [0.15, 0.2) is 0 Å². The van der Waals surface area contributed by atoms with E-state index in [-0.39, 0.29) is 17.4 Å². The fourth-order valence-electron chi connectivity index (χ4n) is 2.80. The molecule has 0 spiro atoms. The Balaban J connectivity index is 2.14. The molecule has 1 aromatic rings. The van der Waals surface area contributed by atoms with Crippen molar-refractivity contribution in [3.8, 4) is 0 Å². The summed E-state index contributed by atoms with van der Waals surface area (Å²) in [5, 5.41) is 3.12. The van der Waals surface area contributed by atoms with Crippen LogP contribution in [0.15, 0.2) is 24.3 Å². The fraction of sp³-hybridized carbons (Fsp3) is 0.632. The molecule has 1 aliphatic heterocycles. The topological polar surface area (TPSA) is 44.8 Å². The van der Waals surface area contributed by atoms with E-state index in [1.165, 1.54) is 11.3 Å². The van der Waals surface area contributed by atoms with Gasteiger partial charge in [-0.3, -0.25) is 9.69 Å². The highest BCUT2D eigenvalue weighted by Gasteiger charge is 2.26. The van der Waals surface area contributed by atoms with Crippen LogP contribution in [0.5, 0.6) is 0 Å². The zero-order chi connectivity index (χ0) is 17.7. The highest BCUT2D eigenvalue weighted by Crippen LogP contribution is 2.24. The third-order valence-electron chi connectivity index (χ3n) is 4.42. The Labute approximate surface area is 146 Å². The Bertz CT molecular complexity index is 529. The summed E-state index contributed by atoms with van der Waals surface area (Å²) >= 11 is 0. The maximum atomic E-state index is 12.3. The molecule has 1 aromatic carbocycles. The molecule has 1 aliphatic rings. The summed E-state index contributed by atoms with van der Waals surface area (Å²) in [6.07, 6.45) is 0. The molecular weight excluding hydrogens is 302 g/mol. The average molecular weight is 333 g/mol. The van der Waals surface area contributed by atoms with Crippen LogP contribution < -0.4 is 10.2 Å². The predicted octanol–water partition coefficient (Wildman–Crippen LogP) is 2.29. The first-order chi connectivity index (χ1) is 11.3. The van der Waals surface area contributed by atoms with Gasteiger partial charge in [-0.15, -0.1) is 0 Å². The average Bonchev–Trinajstić information content (AvgIpc) is 2.55. The molecule has 5 heteroatoms. The van der Waals surface area contributed by atoms with E-state index in [9.17, 15) is 4.79 Å². The Hall–Kier alpha value is -1.59. The van der Waals surface area contributed by atoms with Crippen LogP contribution in [0.2, 0.25) is 0 Å². The van der Waals surface area contributed by atoms with Crippen LogP contribution in [-0.2, 0) is 9.53 Å². The number of carbonyl (C=O) groups excluding carboxylic acids is 1. The molecule has 2 rings (SSSR count). The maximum absolute atomic E-state index is 12.3. The number of hydrogen-bond acceptors (Lipinski definition) is 4. The minimum Gasteiger partial charge on any atom is -0.379 e. The Morgan fingerprint density at radius 2 is 1.79 bits per heavy atom. The molecule has 1 fully saturated rings. The second kappa shape index (κ2) is 7.99. The number of carbonyl (C=O) groups is 1. The number of ether oxygens (including phenoxy) is 1. The van der Waals surface area contributed by atoms with Gasteiger partial charge in [-0.05, 0) is 17.7 Å². The van der Waals surface area contributed by atoms with Gasteiger partial charge in [0.05, 0.1) is 19.3 Å². The third kappa shape index (κ3) is 4.95. The van der Waals surface area contributed by atoms with E-state index in [1.54, 1.807) is 0 Å². The summed E-state index contributed by atoms with van der Waals surface area (Å²) < 4.78 is 5.48. The second-order valence-corrected chi connectivity index (χ2v) is 7.61. The lowest BCUT2D eigenvalue weighted by Gasteiger charge is -2.35. The van der Waals surface area contributed by atoms with Crippen molar-refractivity contribution in [3.63, 3.8) is 0 Å². The van der Waals surface area contributed by atoms with E-state index < -0.39 is 0 Å². The Morgan fingerprint density at radius 1 is 1.21 bits per heavy atom. The highest BCUT2D eigenvalue weighted by atomic mass is 16.5. The molecule has 5 nitrogen and oxygen atoms in total. The van der Waals surface area contributed by atoms with E-state index in [0.717, 1.165) is 26.3 Å². The summed E-state index contributed by atoms with van der Waals surface area (Å²) in [7, 11) is 4.08. The van der Waals surface area contributed by atoms with Crippen molar-refractivity contribution >= 4 is 11.6 Å². The zero-order valence-electron chi connectivity index (χ0n) is 15.6. The van der Waals surface area contributed by atoms with Gasteiger partial charge >= 0.3 is 0 Å². The van der Waals surface area contributed by atoms with Crippen LogP contribution in [-0.4, -0.2) is 57.8 Å². The van der Waals surface area contributed by atoms with Crippen molar-refractivity contribution in [2.45, 2.75) is 26.8 Å². The molecule has 0 bridgehead atoms. The molecule has 0 saturated carbocycles. The van der Waals surface area contributed by atoms with E-state index in [1.807, 2.05) is 34.9 Å². The van der Waals surface area contributed by atoms with Gasteiger partial charge < -0.3 is 15.0 Å². The van der Waals surface area contributed by atoms with Gasteiger partial charge in [0, 0.05) is 44.8 Å². The molecule has 134 valence electrons. The van der Waals surface area contributed by atoms with Crippen LogP contribution in [0.25, 0.3) is 0 Å². The smallest absolute Gasteiger partial charge is 0.225 e. The summed E-state index contributed by atoms with van der Waals surface area (Å²) in [6, 6.07) is 8.77. The molecule has 1 atom stereocenters. The monoisotopic (exact) mass is 333 g/mol. The predicted molar refractivity (Wildman–Crippen MR) is 98.4 cm³/mol. The van der Waals surface area contributed by atoms with Crippen LogP contribution in [0.3, 0.4) is 0 Å². The van der Waals surface area contributed by atoms with Crippen LogP contribution >= 0.6 is 0 Å². The lowest BCUT2D eigenvalue weighted by Crippen LogP contribution is -2.45. The van der Waals surface area contributed by atoms with Crippen LogP contribution in [0.1, 0.15) is 32.4 Å². The van der Waals surface area contributed by atoms with Crippen molar-refractivity contribution in [1.82, 2.24) is 10.2 Å². The third-order valence-corrected chi connectivity index (χ3v) is 4.42. The minimum absolute atomic E-state index is 0.0886. The second-order valence-electron chi connectivity index (χ2n) is 7.61. The van der Waals surface area contributed by atoms with E-state index in [0.29, 0.717) is 6.54 Å². The number of anilines is 1. The van der Waals surface area contributed by atoms with Crippen LogP contribution in [0.4, 0.5) is 5.69 Å². The van der Waals surface area contributed by atoms with Crippen molar-refractivity contribution in [2.24, 2.45) is 5.41 Å². The molecule has 0 radical (unpaired) electrons. The van der Waals surface area contributed by atoms with Gasteiger partial charge in [0.1, 0.15) is 0 Å². The first-order valence-electron chi connectivity index (χ1n) is 8.66. The quantitative estimate of drug-likeness (QED) is 0.898. The number of morpholine rings is 1. The first kappa shape index (κ1) is 18.7. The van der Waals surface area contributed by atoms with Gasteiger partial charge in [-0.1, -0.05) is 32.9 Å². The number of nitrogens with zero attached hydrogens (tertiary/aromatic N) is 2. The molecule has 24 heavy (non-hydrogen) atoms. The SMILES string of the molecule is CN(C)c1ccc([C@H](CNC(=O)C(C)(C)C)N2CCOCC2)cc1. The highest BCUT2D eigenvalue weighted by molar-refractivity contribution is 5.81. The Kier molecular flexibility index (Phi) is 6.24. The molecule has 1 N–H and O–H groups in total. The van der Waals surface area contributed by atoms with Crippen LogP contribution in [0, 0.1) is 5.41 Å². The van der Waals surface area contributed by atoms with Gasteiger partial charge in [0.2, 0.25) is 5.91 Å². The largest absolute Gasteiger partial charge is 0.379 e. The lowest BCUT2D eigenvalue weighted by atomic mass is 9.95. The standard InChI is InChI=1S/C19H31N3O2/c1-19(2,3)18(23)20-14-17(22-10-12-24-13-11-22)15-6-8-16(9-7-15)21(4)5/h6-9,17H,10-14H2,1-5H3,(H,20,23)/t17-/m0/s1. The summed E-state index contributed by atoms with van der Waals surface area (Å²) in [6.45, 7) is 9.74. The Morgan fingerprint density at radius 3 is 2.29 bits per heavy atom. The molecule has 1 heterocycles. The maximum Gasteiger partial charge on any atom is 0.225 e. The van der Waals surface area contributed by atoms with Gasteiger partial charge in [-0.25, -0.2) is 0 Å². The fourth-order valence-corrected chi connectivity index (χ4v) is 2.80. The summed E-state index contributed by atoms with van der Waals surface area (Å²) in [5.41, 5.74) is 2.04. The van der Waals surface area contributed by atoms with Crippen molar-refractivity contribution in [3.05, 3.63) is 29.8 Å². The van der Waals surface area contributed by atoms with Gasteiger partial charge in [-0.2, -0.15) is 0 Å². The normalized spacial score (nSPS) is 17.4. The molecule has 1 saturated heterocycles. The lowest BCUT2D eigenvalue weighted by molar-refractivity contribution is -0.128. The first-order valence-corrected chi connectivity index (χ1v) is 8.66. The molecule has 0 unspecified atom stereocenters. The number of nitrogens with one attached hydrogen (secondary N) is 1. The molecule has 1 amide bonds. The molecule has 0 aliphatic carbocycles.